The molecule has 1 saturated carbocycles. The highest BCUT2D eigenvalue weighted by Crippen LogP contribution is 2.25. The van der Waals surface area contributed by atoms with E-state index in [-0.39, 0.29) is 5.97 Å². The Bertz CT molecular complexity index is 491. The Kier molecular flexibility index (Phi) is 3.67. The summed E-state index contributed by atoms with van der Waals surface area (Å²) >= 11 is 0. The van der Waals surface area contributed by atoms with E-state index in [0.717, 1.165) is 24.2 Å². The summed E-state index contributed by atoms with van der Waals surface area (Å²) in [5.74, 6) is -0.232. The molecule has 0 bridgehead atoms. The van der Waals surface area contributed by atoms with Crippen molar-refractivity contribution < 1.29 is 9.53 Å². The number of carbonyl (C=O) groups is 1. The van der Waals surface area contributed by atoms with Crippen LogP contribution in [-0.4, -0.2) is 34.4 Å². The van der Waals surface area contributed by atoms with Crippen LogP contribution >= 0.6 is 0 Å². The molecule has 1 aliphatic rings. The molecule has 19 heavy (non-hydrogen) atoms. The van der Waals surface area contributed by atoms with E-state index in [2.05, 4.69) is 17.3 Å². The van der Waals surface area contributed by atoms with Gasteiger partial charge in [0.15, 0.2) is 0 Å². The summed E-state index contributed by atoms with van der Waals surface area (Å²) in [7, 11) is 1.43. The van der Waals surface area contributed by atoms with Gasteiger partial charge in [0, 0.05) is 11.7 Å². The number of aromatic nitrogens is 2. The standard InChI is InChI=1S/C14H23N3O2/c1-9-10(2)16-17(11(9)3)8-14(4,13(18)19-5)15-12-6-7-12/h12,15H,6-8H2,1-5H3. The summed E-state index contributed by atoms with van der Waals surface area (Å²) < 4.78 is 6.85. The first-order chi connectivity index (χ1) is 8.87. The fourth-order valence-corrected chi connectivity index (χ4v) is 2.31. The molecule has 0 saturated heterocycles. The minimum absolute atomic E-state index is 0.232. The number of hydrogen-bond donors (Lipinski definition) is 1. The first-order valence-corrected chi connectivity index (χ1v) is 6.74. The highest BCUT2D eigenvalue weighted by Gasteiger charge is 2.40. The van der Waals surface area contributed by atoms with Crippen LogP contribution in [-0.2, 0) is 16.1 Å². The lowest BCUT2D eigenvalue weighted by Crippen LogP contribution is -2.54. The molecule has 1 fully saturated rings. The number of esters is 1. The zero-order chi connectivity index (χ0) is 14.2. The molecule has 2 rings (SSSR count). The van der Waals surface area contributed by atoms with Gasteiger partial charge in [-0.15, -0.1) is 0 Å². The van der Waals surface area contributed by atoms with Crippen molar-refractivity contribution in [1.29, 1.82) is 0 Å². The molecule has 1 heterocycles. The second-order valence-corrected chi connectivity index (χ2v) is 5.70. The van der Waals surface area contributed by atoms with Crippen molar-refractivity contribution in [3.8, 4) is 0 Å². The normalized spacial score (nSPS) is 18.2. The summed E-state index contributed by atoms with van der Waals surface area (Å²) in [6, 6.07) is 0.433. The summed E-state index contributed by atoms with van der Waals surface area (Å²) in [6.07, 6.45) is 2.26. The first-order valence-electron chi connectivity index (χ1n) is 6.74. The maximum absolute atomic E-state index is 12.1. The van der Waals surface area contributed by atoms with Crippen LogP contribution in [0.3, 0.4) is 0 Å². The molecule has 0 aromatic carbocycles. The molecule has 1 atom stereocenters. The maximum Gasteiger partial charge on any atom is 0.327 e. The molecule has 0 aliphatic heterocycles. The monoisotopic (exact) mass is 265 g/mol. The van der Waals surface area contributed by atoms with E-state index in [1.165, 1.54) is 12.7 Å². The fraction of sp³-hybridized carbons (Fsp3) is 0.714. The lowest BCUT2D eigenvalue weighted by molar-refractivity contribution is -0.148. The number of hydrogen-bond acceptors (Lipinski definition) is 4. The minimum atomic E-state index is -0.717. The van der Waals surface area contributed by atoms with E-state index in [1.54, 1.807) is 0 Å². The Labute approximate surface area is 114 Å². The number of ether oxygens (including phenoxy) is 1. The van der Waals surface area contributed by atoms with E-state index < -0.39 is 5.54 Å². The Morgan fingerprint density at radius 2 is 2.11 bits per heavy atom. The number of nitrogens with zero attached hydrogens (tertiary/aromatic N) is 2. The molecule has 0 radical (unpaired) electrons. The van der Waals surface area contributed by atoms with Gasteiger partial charge in [0.1, 0.15) is 5.54 Å². The van der Waals surface area contributed by atoms with E-state index >= 15 is 0 Å². The topological polar surface area (TPSA) is 56.2 Å². The Balaban J connectivity index is 2.23. The number of methoxy groups -OCH3 is 1. The SMILES string of the molecule is COC(=O)C(C)(Cn1nc(C)c(C)c1C)NC1CC1. The van der Waals surface area contributed by atoms with Crippen LogP contribution in [0.2, 0.25) is 0 Å². The van der Waals surface area contributed by atoms with Gasteiger partial charge in [-0.25, -0.2) is 4.79 Å². The summed E-state index contributed by atoms with van der Waals surface area (Å²) in [5, 5.41) is 7.90. The molecule has 106 valence electrons. The van der Waals surface area contributed by atoms with Gasteiger partial charge >= 0.3 is 5.97 Å². The van der Waals surface area contributed by atoms with E-state index in [9.17, 15) is 4.79 Å². The zero-order valence-electron chi connectivity index (χ0n) is 12.4. The predicted octanol–water partition coefficient (Wildman–Crippen LogP) is 1.49. The third-order valence-electron chi connectivity index (χ3n) is 3.95. The van der Waals surface area contributed by atoms with Gasteiger partial charge in [-0.1, -0.05) is 0 Å². The molecular formula is C14H23N3O2. The summed E-state index contributed by atoms with van der Waals surface area (Å²) in [4.78, 5) is 12.1. The molecule has 1 unspecified atom stereocenters. The van der Waals surface area contributed by atoms with Crippen molar-refractivity contribution in [1.82, 2.24) is 15.1 Å². The van der Waals surface area contributed by atoms with Gasteiger partial charge in [0.2, 0.25) is 0 Å². The Hall–Kier alpha value is -1.36. The van der Waals surface area contributed by atoms with Crippen LogP contribution in [0.15, 0.2) is 0 Å². The van der Waals surface area contributed by atoms with Gasteiger partial charge in [-0.2, -0.15) is 5.10 Å². The van der Waals surface area contributed by atoms with Gasteiger partial charge in [-0.05, 0) is 46.1 Å². The Morgan fingerprint density at radius 3 is 2.53 bits per heavy atom. The molecule has 5 heteroatoms. The zero-order valence-corrected chi connectivity index (χ0v) is 12.4. The second-order valence-electron chi connectivity index (χ2n) is 5.70. The maximum atomic E-state index is 12.1. The van der Waals surface area contributed by atoms with Crippen LogP contribution in [0.1, 0.15) is 36.7 Å². The molecule has 1 N–H and O–H groups in total. The van der Waals surface area contributed by atoms with Crippen LogP contribution in [0.4, 0.5) is 0 Å². The molecule has 0 amide bonds. The highest BCUT2D eigenvalue weighted by atomic mass is 16.5. The largest absolute Gasteiger partial charge is 0.468 e. The van der Waals surface area contributed by atoms with Crippen LogP contribution in [0, 0.1) is 20.8 Å². The van der Waals surface area contributed by atoms with Crippen LogP contribution in [0.25, 0.3) is 0 Å². The molecule has 1 aromatic heterocycles. The molecule has 5 nitrogen and oxygen atoms in total. The minimum Gasteiger partial charge on any atom is -0.468 e. The lowest BCUT2D eigenvalue weighted by Gasteiger charge is -2.28. The second kappa shape index (κ2) is 4.96. The van der Waals surface area contributed by atoms with E-state index in [1.807, 2.05) is 25.5 Å². The average Bonchev–Trinajstić information content (AvgIpc) is 3.14. The Morgan fingerprint density at radius 1 is 1.47 bits per heavy atom. The van der Waals surface area contributed by atoms with Crippen molar-refractivity contribution in [3.05, 3.63) is 17.0 Å². The number of rotatable bonds is 5. The van der Waals surface area contributed by atoms with Crippen molar-refractivity contribution in [3.63, 3.8) is 0 Å². The van der Waals surface area contributed by atoms with Gasteiger partial charge in [-0.3, -0.25) is 10.00 Å². The van der Waals surface area contributed by atoms with E-state index in [4.69, 9.17) is 4.74 Å². The molecular weight excluding hydrogens is 242 g/mol. The van der Waals surface area contributed by atoms with Crippen LogP contribution in [0.5, 0.6) is 0 Å². The van der Waals surface area contributed by atoms with Crippen molar-refractivity contribution >= 4 is 5.97 Å². The third-order valence-corrected chi connectivity index (χ3v) is 3.95. The first kappa shape index (κ1) is 14.1. The predicted molar refractivity (Wildman–Crippen MR) is 73.0 cm³/mol. The van der Waals surface area contributed by atoms with Gasteiger partial charge in [0.05, 0.1) is 19.3 Å². The number of carbonyl (C=O) groups excluding carboxylic acids is 1. The van der Waals surface area contributed by atoms with Crippen molar-refractivity contribution in [2.24, 2.45) is 0 Å². The lowest BCUT2D eigenvalue weighted by atomic mass is 10.0. The van der Waals surface area contributed by atoms with Crippen molar-refractivity contribution in [2.45, 2.75) is 58.7 Å². The molecule has 0 spiro atoms. The average molecular weight is 265 g/mol. The quantitative estimate of drug-likeness (QED) is 0.820. The molecule has 1 aromatic rings. The number of aryl methyl sites for hydroxylation is 1. The summed E-state index contributed by atoms with van der Waals surface area (Å²) in [6.45, 7) is 8.46. The smallest absolute Gasteiger partial charge is 0.327 e. The summed E-state index contributed by atoms with van der Waals surface area (Å²) in [5.41, 5.74) is 2.57. The van der Waals surface area contributed by atoms with Gasteiger partial charge < -0.3 is 4.74 Å². The number of nitrogens with one attached hydrogen (secondary N) is 1. The fourth-order valence-electron chi connectivity index (χ4n) is 2.31. The third kappa shape index (κ3) is 2.81. The van der Waals surface area contributed by atoms with Gasteiger partial charge in [0.25, 0.3) is 0 Å². The van der Waals surface area contributed by atoms with E-state index in [0.29, 0.717) is 12.6 Å². The molecule has 1 aliphatic carbocycles. The van der Waals surface area contributed by atoms with Crippen LogP contribution < -0.4 is 5.32 Å². The highest BCUT2D eigenvalue weighted by molar-refractivity contribution is 5.80. The van der Waals surface area contributed by atoms with Crippen molar-refractivity contribution in [2.75, 3.05) is 7.11 Å².